The Hall–Kier alpha value is -5.86. The van der Waals surface area contributed by atoms with Gasteiger partial charge in [-0.05, 0) is 72.8 Å². The molecule has 288 valence electrons. The number of urea groups is 2. The van der Waals surface area contributed by atoms with Crippen LogP contribution >= 0.6 is 11.3 Å². The van der Waals surface area contributed by atoms with Crippen LogP contribution in [-0.2, 0) is 28.5 Å². The van der Waals surface area contributed by atoms with Gasteiger partial charge < -0.3 is 16.0 Å². The number of anilines is 3. The van der Waals surface area contributed by atoms with E-state index < -0.39 is 53.4 Å². The van der Waals surface area contributed by atoms with E-state index in [9.17, 15) is 45.5 Å². The van der Waals surface area contributed by atoms with Crippen molar-refractivity contribution in [3.63, 3.8) is 0 Å². The Kier molecular flexibility index (Phi) is 11.5. The van der Waals surface area contributed by atoms with Crippen LogP contribution in [0.5, 0.6) is 0 Å². The van der Waals surface area contributed by atoms with E-state index in [1.807, 2.05) is 10.3 Å². The number of nitrogens with one attached hydrogen (secondary N) is 4. The minimum atomic E-state index is -4.57. The lowest BCUT2D eigenvalue weighted by Crippen LogP contribution is -2.48. The number of imide groups is 1. The molecule has 0 radical (unpaired) electrons. The number of hydrazone groups is 1. The maximum Gasteiger partial charge on any atom is 0.416 e. The molecule has 20 heteroatoms. The summed E-state index contributed by atoms with van der Waals surface area (Å²) in [6.45, 7) is 3.15. The van der Waals surface area contributed by atoms with Gasteiger partial charge in [-0.15, -0.1) is 11.3 Å². The molecule has 6 rings (SSSR count). The molecule has 0 bridgehead atoms. The summed E-state index contributed by atoms with van der Waals surface area (Å²) in [5.74, 6) is -1.20. The summed E-state index contributed by atoms with van der Waals surface area (Å²) in [6.07, 6.45) is -7.99. The molecule has 1 aromatic heterocycles. The topological polar surface area (TPSA) is 151 Å². The summed E-state index contributed by atoms with van der Waals surface area (Å²) in [6, 6.07) is 12.0. The van der Waals surface area contributed by atoms with Gasteiger partial charge in [0, 0.05) is 55.0 Å². The lowest BCUT2D eigenvalue weighted by Gasteiger charge is -2.33. The number of carbonyl (C=O) groups is 4. The van der Waals surface area contributed by atoms with Crippen LogP contribution in [0.4, 0.5) is 53.0 Å². The predicted octanol–water partition coefficient (Wildman–Crippen LogP) is 5.84. The van der Waals surface area contributed by atoms with Crippen LogP contribution in [0.2, 0.25) is 0 Å². The number of nitrogens with zero attached hydrogens (tertiary/aromatic N) is 5. The van der Waals surface area contributed by atoms with E-state index >= 15 is 0 Å². The van der Waals surface area contributed by atoms with Gasteiger partial charge in [0.2, 0.25) is 0 Å². The molecular formula is C35H31F6N9O4S. The molecule has 0 saturated carbocycles. The molecule has 3 aromatic carbocycles. The van der Waals surface area contributed by atoms with Crippen LogP contribution in [0.1, 0.15) is 16.8 Å². The van der Waals surface area contributed by atoms with Crippen LogP contribution in [0.3, 0.4) is 0 Å². The number of alkyl halides is 6. The van der Waals surface area contributed by atoms with Crippen LogP contribution in [0.15, 0.2) is 83.3 Å². The van der Waals surface area contributed by atoms with E-state index in [1.165, 1.54) is 23.5 Å². The van der Waals surface area contributed by atoms with Crippen molar-refractivity contribution < 1.29 is 45.5 Å². The lowest BCUT2D eigenvalue weighted by atomic mass is 10.2. The zero-order valence-electron chi connectivity index (χ0n) is 28.4. The Morgan fingerprint density at radius 2 is 1.36 bits per heavy atom. The maximum absolute atomic E-state index is 12.9. The Balaban J connectivity index is 0.903. The molecule has 0 aliphatic carbocycles. The highest BCUT2D eigenvalue weighted by Gasteiger charge is 2.39. The van der Waals surface area contributed by atoms with Gasteiger partial charge in [0.15, 0.2) is 0 Å². The number of aromatic nitrogens is 1. The number of piperazine rings is 1. The van der Waals surface area contributed by atoms with Crippen molar-refractivity contribution in [3.05, 3.63) is 95.0 Å². The smallest absolute Gasteiger partial charge is 0.321 e. The first-order chi connectivity index (χ1) is 26.1. The minimum absolute atomic E-state index is 0.0379. The number of amides is 6. The van der Waals surface area contributed by atoms with Crippen molar-refractivity contribution in [3.8, 4) is 10.6 Å². The number of thiazole rings is 1. The number of carbonyl (C=O) groups excluding carboxylic acids is 4. The molecule has 3 heterocycles. The van der Waals surface area contributed by atoms with Gasteiger partial charge in [-0.25, -0.2) is 24.9 Å². The van der Waals surface area contributed by atoms with E-state index in [1.54, 1.807) is 24.3 Å². The minimum Gasteiger partial charge on any atom is -0.321 e. The first kappa shape index (κ1) is 38.9. The number of rotatable bonds is 10. The molecule has 0 spiro atoms. The molecule has 13 nitrogen and oxygen atoms in total. The summed E-state index contributed by atoms with van der Waals surface area (Å²) in [4.78, 5) is 59.4. The van der Waals surface area contributed by atoms with Crippen LogP contribution in [0, 0.1) is 0 Å². The number of benzene rings is 3. The van der Waals surface area contributed by atoms with Gasteiger partial charge in [0.05, 0.1) is 35.3 Å². The summed E-state index contributed by atoms with van der Waals surface area (Å²) in [7, 11) is 0. The third-order valence-corrected chi connectivity index (χ3v) is 9.40. The van der Waals surface area contributed by atoms with E-state index in [0.717, 1.165) is 58.9 Å². The second-order valence-corrected chi connectivity index (χ2v) is 13.2. The van der Waals surface area contributed by atoms with Gasteiger partial charge >= 0.3 is 24.4 Å². The molecule has 1 unspecified atom stereocenters. The van der Waals surface area contributed by atoms with Crippen molar-refractivity contribution in [2.45, 2.75) is 24.9 Å². The highest BCUT2D eigenvalue weighted by atomic mass is 32.1. The zero-order valence-corrected chi connectivity index (χ0v) is 29.3. The Labute approximate surface area is 313 Å². The molecule has 6 amide bonds. The molecule has 55 heavy (non-hydrogen) atoms. The van der Waals surface area contributed by atoms with E-state index in [0.29, 0.717) is 43.3 Å². The molecule has 1 atom stereocenters. The van der Waals surface area contributed by atoms with Crippen LogP contribution < -0.4 is 26.3 Å². The summed E-state index contributed by atoms with van der Waals surface area (Å²) in [5, 5.41) is 14.0. The summed E-state index contributed by atoms with van der Waals surface area (Å²) < 4.78 is 76.9. The molecule has 2 fully saturated rings. The molecule has 2 aliphatic heterocycles. The van der Waals surface area contributed by atoms with Gasteiger partial charge in [-0.2, -0.15) is 31.4 Å². The third kappa shape index (κ3) is 10.0. The Bertz CT molecular complexity index is 2050. The van der Waals surface area contributed by atoms with Crippen molar-refractivity contribution in [2.24, 2.45) is 5.10 Å². The fourth-order valence-electron chi connectivity index (χ4n) is 5.64. The monoisotopic (exact) mass is 787 g/mol. The molecule has 2 saturated heterocycles. The van der Waals surface area contributed by atoms with Gasteiger partial charge in [0.25, 0.3) is 11.8 Å². The first-order valence-corrected chi connectivity index (χ1v) is 17.4. The quantitative estimate of drug-likeness (QED) is 0.0683. The van der Waals surface area contributed by atoms with Crippen molar-refractivity contribution in [1.29, 1.82) is 0 Å². The normalized spacial score (nSPS) is 17.1. The molecule has 4 aromatic rings. The van der Waals surface area contributed by atoms with Crippen molar-refractivity contribution >= 4 is 58.5 Å². The second kappa shape index (κ2) is 16.2. The van der Waals surface area contributed by atoms with Gasteiger partial charge in [0.1, 0.15) is 11.0 Å². The third-order valence-electron chi connectivity index (χ3n) is 8.46. The lowest BCUT2D eigenvalue weighted by molar-refractivity contribution is -0.138. The fourth-order valence-corrected chi connectivity index (χ4v) is 6.46. The van der Waals surface area contributed by atoms with Crippen molar-refractivity contribution in [2.75, 3.05) is 48.3 Å². The highest BCUT2D eigenvalue weighted by molar-refractivity contribution is 7.13. The average Bonchev–Trinajstić information content (AvgIpc) is 3.71. The van der Waals surface area contributed by atoms with Crippen molar-refractivity contribution in [1.82, 2.24) is 25.5 Å². The summed E-state index contributed by atoms with van der Waals surface area (Å²) in [5.41, 5.74) is 2.94. The average molecular weight is 788 g/mol. The van der Waals surface area contributed by atoms with Crippen LogP contribution in [-0.4, -0.2) is 83.6 Å². The van der Waals surface area contributed by atoms with E-state index in [4.69, 9.17) is 4.98 Å². The highest BCUT2D eigenvalue weighted by Crippen LogP contribution is 2.32. The largest absolute Gasteiger partial charge is 0.416 e. The number of halogens is 6. The van der Waals surface area contributed by atoms with E-state index in [2.05, 4.69) is 31.4 Å². The Morgan fingerprint density at radius 3 is 1.95 bits per heavy atom. The Morgan fingerprint density at radius 1 is 0.818 bits per heavy atom. The fraction of sp³-hybridized carbons (Fsp3) is 0.257. The number of hydrogen-bond donors (Lipinski definition) is 4. The van der Waals surface area contributed by atoms with Gasteiger partial charge in [-0.3, -0.25) is 19.4 Å². The first-order valence-electron chi connectivity index (χ1n) is 16.5. The zero-order chi connectivity index (χ0) is 39.3. The van der Waals surface area contributed by atoms with E-state index in [-0.39, 0.29) is 17.9 Å². The van der Waals surface area contributed by atoms with Crippen LogP contribution in [0.25, 0.3) is 10.6 Å². The summed E-state index contributed by atoms with van der Waals surface area (Å²) >= 11 is 1.46. The predicted molar refractivity (Wildman–Crippen MR) is 191 cm³/mol. The number of hydrogen-bond acceptors (Lipinski definition) is 9. The second-order valence-electron chi connectivity index (χ2n) is 12.4. The maximum atomic E-state index is 12.9. The molecule has 4 N–H and O–H groups in total. The molecular weight excluding hydrogens is 756 g/mol. The van der Waals surface area contributed by atoms with Gasteiger partial charge in [-0.1, -0.05) is 0 Å². The SMILES string of the molecule is O=C(CN1CCN(Cc2csc(-c3ccc(NC(=O)Nc4ccc(C(F)(F)F)cc4)cc3)n2)CC1)N/N=C/C1NC(=O)N(c2ccc(C(F)(F)F)cc2)C1=O. The molecule has 2 aliphatic rings. The standard InChI is InChI=1S/C35H31F6N9O4S/c36-34(37,38)22-3-9-25(10-4-22)45-32(53)44-24-7-1-21(2-8-24)30-43-26(20-55-30)18-48-13-15-49(16-14-48)19-29(51)47-42-17-28-31(52)50(33(54)46-28)27-11-5-23(6-12-27)35(39,40)41/h1-12,17,20,28H,13-16,18-19H2,(H,46,54)(H,47,51)(H2,44,45,53)/b42-17+.